The third-order valence-electron chi connectivity index (χ3n) is 2.23. The van der Waals surface area contributed by atoms with Gasteiger partial charge in [0.05, 0.1) is 13.0 Å². The Morgan fingerprint density at radius 1 is 1.35 bits per heavy atom. The fraction of sp³-hybridized carbons (Fsp3) is 0.385. The first-order chi connectivity index (χ1) is 8.13. The van der Waals surface area contributed by atoms with E-state index >= 15 is 0 Å². The molecular formula is C13H15BrO3. The molecule has 0 aromatic heterocycles. The van der Waals surface area contributed by atoms with E-state index in [-0.39, 0.29) is 18.0 Å². The average molecular weight is 299 g/mol. The normalized spacial score (nSPS) is 10.2. The summed E-state index contributed by atoms with van der Waals surface area (Å²) in [5, 5.41) is 0. The fourth-order valence-corrected chi connectivity index (χ4v) is 1.76. The van der Waals surface area contributed by atoms with E-state index in [1.807, 2.05) is 13.0 Å². The molecule has 0 unspecified atom stereocenters. The zero-order valence-corrected chi connectivity index (χ0v) is 11.3. The molecule has 0 fully saturated rings. The van der Waals surface area contributed by atoms with Crippen LogP contribution in [0.1, 0.15) is 30.1 Å². The van der Waals surface area contributed by atoms with Crippen LogP contribution in [0.2, 0.25) is 0 Å². The van der Waals surface area contributed by atoms with Crippen molar-refractivity contribution in [2.75, 3.05) is 13.2 Å². The van der Waals surface area contributed by atoms with Crippen molar-refractivity contribution in [1.29, 1.82) is 0 Å². The lowest BCUT2D eigenvalue weighted by Gasteiger charge is -2.02. The van der Waals surface area contributed by atoms with Crippen molar-refractivity contribution in [2.45, 2.75) is 19.8 Å². The number of halogens is 1. The number of benzene rings is 1. The lowest BCUT2D eigenvalue weighted by atomic mass is 10.1. The minimum absolute atomic E-state index is 0.0521. The molecular weight excluding hydrogens is 284 g/mol. The molecule has 0 atom stereocenters. The number of hydrogen-bond donors (Lipinski definition) is 0. The van der Waals surface area contributed by atoms with Gasteiger partial charge in [-0.2, -0.15) is 0 Å². The standard InChI is InChI=1S/C13H15BrO3/c1-2-17-7-6-12(15)9-13(16)10-4-3-5-11(14)8-10/h3-5,8H,2,6-7,9H2,1H3. The molecule has 3 nitrogen and oxygen atoms in total. The zero-order valence-electron chi connectivity index (χ0n) is 9.74. The predicted octanol–water partition coefficient (Wildman–Crippen LogP) is 3.02. The Bertz CT molecular complexity index is 401. The summed E-state index contributed by atoms with van der Waals surface area (Å²) < 4.78 is 5.91. The molecule has 0 aliphatic rings. The minimum Gasteiger partial charge on any atom is -0.381 e. The molecule has 1 aromatic rings. The van der Waals surface area contributed by atoms with E-state index in [1.54, 1.807) is 18.2 Å². The van der Waals surface area contributed by atoms with Gasteiger partial charge < -0.3 is 4.74 Å². The van der Waals surface area contributed by atoms with Crippen LogP contribution >= 0.6 is 15.9 Å². The Kier molecular flexibility index (Phi) is 6.08. The number of Topliss-reactive ketones (excluding diaryl/α,β-unsaturated/α-hetero) is 2. The van der Waals surface area contributed by atoms with Crippen LogP contribution in [-0.4, -0.2) is 24.8 Å². The second-order valence-corrected chi connectivity index (χ2v) is 4.51. The van der Waals surface area contributed by atoms with Gasteiger partial charge in [-0.25, -0.2) is 0 Å². The number of hydrogen-bond acceptors (Lipinski definition) is 3. The van der Waals surface area contributed by atoms with E-state index in [9.17, 15) is 9.59 Å². The van der Waals surface area contributed by atoms with Gasteiger partial charge >= 0.3 is 0 Å². The van der Waals surface area contributed by atoms with Crippen molar-refractivity contribution in [2.24, 2.45) is 0 Å². The third kappa shape index (κ3) is 5.24. The lowest BCUT2D eigenvalue weighted by molar-refractivity contribution is -0.119. The first-order valence-electron chi connectivity index (χ1n) is 5.51. The molecule has 0 radical (unpaired) electrons. The predicted molar refractivity (Wildman–Crippen MR) is 69.2 cm³/mol. The lowest BCUT2D eigenvalue weighted by Crippen LogP contribution is -2.10. The van der Waals surface area contributed by atoms with Crippen molar-refractivity contribution in [3.8, 4) is 0 Å². The maximum atomic E-state index is 11.8. The summed E-state index contributed by atoms with van der Waals surface area (Å²) in [5.74, 6) is -0.226. The van der Waals surface area contributed by atoms with Crippen LogP contribution in [-0.2, 0) is 9.53 Å². The maximum absolute atomic E-state index is 11.8. The Morgan fingerprint density at radius 2 is 2.12 bits per heavy atom. The van der Waals surface area contributed by atoms with Crippen LogP contribution in [0.5, 0.6) is 0 Å². The smallest absolute Gasteiger partial charge is 0.170 e. The molecule has 0 aliphatic heterocycles. The molecule has 0 heterocycles. The van der Waals surface area contributed by atoms with E-state index < -0.39 is 0 Å². The highest BCUT2D eigenvalue weighted by Crippen LogP contribution is 2.13. The highest BCUT2D eigenvalue weighted by molar-refractivity contribution is 9.10. The van der Waals surface area contributed by atoms with Crippen molar-refractivity contribution >= 4 is 27.5 Å². The van der Waals surface area contributed by atoms with Gasteiger partial charge in [0, 0.05) is 23.1 Å². The Labute approximate surface area is 109 Å². The van der Waals surface area contributed by atoms with Crippen LogP contribution in [0.4, 0.5) is 0 Å². The van der Waals surface area contributed by atoms with Crippen LogP contribution in [0.15, 0.2) is 28.7 Å². The first-order valence-corrected chi connectivity index (χ1v) is 6.31. The summed E-state index contributed by atoms with van der Waals surface area (Å²) in [6.45, 7) is 2.85. The summed E-state index contributed by atoms with van der Waals surface area (Å²) in [6.07, 6.45) is 0.247. The Balaban J connectivity index is 2.46. The summed E-state index contributed by atoms with van der Waals surface area (Å²) in [6, 6.07) is 7.05. The fourth-order valence-electron chi connectivity index (χ4n) is 1.36. The molecule has 0 aliphatic carbocycles. The van der Waals surface area contributed by atoms with Gasteiger partial charge in [0.15, 0.2) is 5.78 Å². The van der Waals surface area contributed by atoms with Gasteiger partial charge in [0.2, 0.25) is 0 Å². The summed E-state index contributed by atoms with van der Waals surface area (Å²) in [4.78, 5) is 23.2. The molecule has 4 heteroatoms. The Morgan fingerprint density at radius 3 is 2.76 bits per heavy atom. The number of ether oxygens (including phenoxy) is 1. The molecule has 0 spiro atoms. The number of rotatable bonds is 7. The molecule has 1 rings (SSSR count). The molecule has 92 valence electrons. The molecule has 0 bridgehead atoms. The largest absolute Gasteiger partial charge is 0.381 e. The topological polar surface area (TPSA) is 43.4 Å². The molecule has 0 saturated heterocycles. The van der Waals surface area contributed by atoms with Crippen LogP contribution < -0.4 is 0 Å². The van der Waals surface area contributed by atoms with Gasteiger partial charge in [0.25, 0.3) is 0 Å². The van der Waals surface area contributed by atoms with Gasteiger partial charge in [-0.05, 0) is 19.1 Å². The highest BCUT2D eigenvalue weighted by atomic mass is 79.9. The summed E-state index contributed by atoms with van der Waals surface area (Å²) >= 11 is 3.29. The summed E-state index contributed by atoms with van der Waals surface area (Å²) in [5.41, 5.74) is 0.559. The van der Waals surface area contributed by atoms with E-state index in [1.165, 1.54) is 0 Å². The van der Waals surface area contributed by atoms with Gasteiger partial charge in [-0.1, -0.05) is 28.1 Å². The van der Waals surface area contributed by atoms with Crippen LogP contribution in [0, 0.1) is 0 Å². The monoisotopic (exact) mass is 298 g/mol. The molecule has 1 aromatic carbocycles. The van der Waals surface area contributed by atoms with E-state index in [4.69, 9.17) is 4.74 Å². The van der Waals surface area contributed by atoms with E-state index in [0.29, 0.717) is 25.2 Å². The van der Waals surface area contributed by atoms with Gasteiger partial charge in [-0.3, -0.25) is 9.59 Å². The van der Waals surface area contributed by atoms with Gasteiger partial charge in [-0.15, -0.1) is 0 Å². The quantitative estimate of drug-likeness (QED) is 0.441. The molecule has 17 heavy (non-hydrogen) atoms. The van der Waals surface area contributed by atoms with Crippen LogP contribution in [0.3, 0.4) is 0 Å². The average Bonchev–Trinajstić information content (AvgIpc) is 2.29. The van der Waals surface area contributed by atoms with Crippen molar-refractivity contribution in [3.63, 3.8) is 0 Å². The van der Waals surface area contributed by atoms with Crippen LogP contribution in [0.25, 0.3) is 0 Å². The Hall–Kier alpha value is -1.000. The van der Waals surface area contributed by atoms with Crippen molar-refractivity contribution < 1.29 is 14.3 Å². The first kappa shape index (κ1) is 14.1. The van der Waals surface area contributed by atoms with E-state index in [2.05, 4.69) is 15.9 Å². The highest BCUT2D eigenvalue weighted by Gasteiger charge is 2.11. The number of carbonyl (C=O) groups excluding carboxylic acids is 2. The number of carbonyl (C=O) groups is 2. The minimum atomic E-state index is -0.146. The molecule has 0 N–H and O–H groups in total. The van der Waals surface area contributed by atoms with Crippen molar-refractivity contribution in [1.82, 2.24) is 0 Å². The second kappa shape index (κ2) is 7.35. The number of ketones is 2. The zero-order chi connectivity index (χ0) is 12.7. The van der Waals surface area contributed by atoms with Crippen molar-refractivity contribution in [3.05, 3.63) is 34.3 Å². The molecule has 0 amide bonds. The van der Waals surface area contributed by atoms with E-state index in [0.717, 1.165) is 4.47 Å². The third-order valence-corrected chi connectivity index (χ3v) is 2.73. The van der Waals surface area contributed by atoms with Gasteiger partial charge in [0.1, 0.15) is 5.78 Å². The maximum Gasteiger partial charge on any atom is 0.170 e. The second-order valence-electron chi connectivity index (χ2n) is 3.60. The summed E-state index contributed by atoms with van der Waals surface area (Å²) in [7, 11) is 0. The molecule has 0 saturated carbocycles. The SMILES string of the molecule is CCOCCC(=O)CC(=O)c1cccc(Br)c1.